The van der Waals surface area contributed by atoms with E-state index < -0.39 is 0 Å². The Morgan fingerprint density at radius 1 is 1.38 bits per heavy atom. The highest BCUT2D eigenvalue weighted by Gasteiger charge is 2.00. The van der Waals surface area contributed by atoms with E-state index in [0.29, 0.717) is 0 Å². The van der Waals surface area contributed by atoms with Crippen LogP contribution in [-0.2, 0) is 19.4 Å². The molecule has 2 N–H and O–H groups in total. The standard InChI is InChI=1S/C13H18N2S/c1-11(14)8-13-3-6-15(9-13)5-2-12-4-7-16-10-12/h3-4,6-7,9-11H,2,5,8,14H2,1H3. The van der Waals surface area contributed by atoms with E-state index in [9.17, 15) is 0 Å². The molecular weight excluding hydrogens is 216 g/mol. The van der Waals surface area contributed by atoms with E-state index in [4.69, 9.17) is 5.73 Å². The van der Waals surface area contributed by atoms with Crippen LogP contribution in [0.15, 0.2) is 35.3 Å². The summed E-state index contributed by atoms with van der Waals surface area (Å²) in [5.74, 6) is 0. The second-order valence-corrected chi connectivity index (χ2v) is 5.10. The Hall–Kier alpha value is -1.06. The van der Waals surface area contributed by atoms with Gasteiger partial charge in [-0.3, -0.25) is 0 Å². The zero-order valence-corrected chi connectivity index (χ0v) is 10.4. The average Bonchev–Trinajstić information content (AvgIpc) is 2.84. The molecule has 16 heavy (non-hydrogen) atoms. The third kappa shape index (κ3) is 3.22. The van der Waals surface area contributed by atoms with Gasteiger partial charge in [0.1, 0.15) is 0 Å². The van der Waals surface area contributed by atoms with Gasteiger partial charge in [0.25, 0.3) is 0 Å². The fourth-order valence-electron chi connectivity index (χ4n) is 1.82. The van der Waals surface area contributed by atoms with Crippen LogP contribution in [-0.4, -0.2) is 10.6 Å². The van der Waals surface area contributed by atoms with Crippen LogP contribution in [0, 0.1) is 0 Å². The number of rotatable bonds is 5. The number of nitrogens with zero attached hydrogens (tertiary/aromatic N) is 1. The highest BCUT2D eigenvalue weighted by atomic mass is 32.1. The van der Waals surface area contributed by atoms with Crippen LogP contribution in [0.3, 0.4) is 0 Å². The second kappa shape index (κ2) is 5.32. The predicted molar refractivity (Wildman–Crippen MR) is 69.8 cm³/mol. The highest BCUT2D eigenvalue weighted by molar-refractivity contribution is 7.07. The summed E-state index contributed by atoms with van der Waals surface area (Å²) in [5.41, 5.74) is 8.53. The zero-order chi connectivity index (χ0) is 11.4. The molecule has 0 radical (unpaired) electrons. The molecule has 3 heteroatoms. The smallest absolute Gasteiger partial charge is 0.0260 e. The van der Waals surface area contributed by atoms with Crippen LogP contribution < -0.4 is 5.73 Å². The van der Waals surface area contributed by atoms with Gasteiger partial charge in [-0.2, -0.15) is 11.3 Å². The summed E-state index contributed by atoms with van der Waals surface area (Å²) in [6, 6.07) is 4.60. The summed E-state index contributed by atoms with van der Waals surface area (Å²) in [5, 5.41) is 4.35. The molecule has 0 aliphatic rings. The van der Waals surface area contributed by atoms with Gasteiger partial charge in [-0.25, -0.2) is 0 Å². The second-order valence-electron chi connectivity index (χ2n) is 4.32. The normalized spacial score (nSPS) is 12.9. The Bertz CT molecular complexity index is 415. The summed E-state index contributed by atoms with van der Waals surface area (Å²) < 4.78 is 2.25. The van der Waals surface area contributed by atoms with Gasteiger partial charge < -0.3 is 10.3 Å². The first kappa shape index (κ1) is 11.4. The van der Waals surface area contributed by atoms with Gasteiger partial charge in [-0.1, -0.05) is 0 Å². The molecule has 0 aromatic carbocycles. The fourth-order valence-corrected chi connectivity index (χ4v) is 2.52. The molecule has 0 bridgehead atoms. The van der Waals surface area contributed by atoms with Gasteiger partial charge in [0.05, 0.1) is 0 Å². The van der Waals surface area contributed by atoms with Gasteiger partial charge in [0.15, 0.2) is 0 Å². The van der Waals surface area contributed by atoms with Crippen molar-refractivity contribution in [2.75, 3.05) is 0 Å². The van der Waals surface area contributed by atoms with Crippen LogP contribution in [0.2, 0.25) is 0 Å². The molecule has 2 aromatic rings. The maximum atomic E-state index is 5.78. The van der Waals surface area contributed by atoms with E-state index in [1.807, 2.05) is 6.92 Å². The first-order valence-corrected chi connectivity index (χ1v) is 6.59. The maximum Gasteiger partial charge on any atom is 0.0260 e. The lowest BCUT2D eigenvalue weighted by atomic mass is 10.1. The van der Waals surface area contributed by atoms with Crippen LogP contribution in [0.5, 0.6) is 0 Å². The lowest BCUT2D eigenvalue weighted by Gasteiger charge is -2.02. The quantitative estimate of drug-likeness (QED) is 0.847. The van der Waals surface area contributed by atoms with Crippen molar-refractivity contribution < 1.29 is 0 Å². The van der Waals surface area contributed by atoms with Gasteiger partial charge in [-0.15, -0.1) is 0 Å². The Labute approximate surface area is 101 Å². The molecule has 2 aromatic heterocycles. The minimum absolute atomic E-state index is 0.243. The van der Waals surface area contributed by atoms with Crippen molar-refractivity contribution in [3.63, 3.8) is 0 Å². The third-order valence-corrected chi connectivity index (χ3v) is 3.34. The largest absolute Gasteiger partial charge is 0.354 e. The molecule has 2 rings (SSSR count). The Balaban J connectivity index is 1.88. The number of aromatic nitrogens is 1. The highest BCUT2D eigenvalue weighted by Crippen LogP contribution is 2.09. The van der Waals surface area contributed by atoms with Crippen molar-refractivity contribution >= 4 is 11.3 Å². The van der Waals surface area contributed by atoms with E-state index in [-0.39, 0.29) is 6.04 Å². The molecule has 86 valence electrons. The molecule has 0 aliphatic carbocycles. The predicted octanol–water partition coefficient (Wildman–Crippen LogP) is 2.68. The molecule has 1 atom stereocenters. The van der Waals surface area contributed by atoms with Crippen molar-refractivity contribution in [3.8, 4) is 0 Å². The summed E-state index contributed by atoms with van der Waals surface area (Å²) in [6.45, 7) is 3.10. The van der Waals surface area contributed by atoms with Gasteiger partial charge in [0, 0.05) is 25.0 Å². The monoisotopic (exact) mass is 234 g/mol. The van der Waals surface area contributed by atoms with E-state index in [0.717, 1.165) is 19.4 Å². The molecular formula is C13H18N2S. The molecule has 0 fully saturated rings. The van der Waals surface area contributed by atoms with Crippen LogP contribution in [0.25, 0.3) is 0 Å². The topological polar surface area (TPSA) is 30.9 Å². The van der Waals surface area contributed by atoms with Crippen LogP contribution >= 0.6 is 11.3 Å². The first-order chi connectivity index (χ1) is 7.74. The first-order valence-electron chi connectivity index (χ1n) is 5.65. The number of aryl methyl sites for hydroxylation is 2. The number of nitrogens with two attached hydrogens (primary N) is 1. The summed E-state index contributed by atoms with van der Waals surface area (Å²) in [7, 11) is 0. The zero-order valence-electron chi connectivity index (χ0n) is 9.60. The number of hydrogen-bond donors (Lipinski definition) is 1. The summed E-state index contributed by atoms with van der Waals surface area (Å²) >= 11 is 1.76. The maximum absolute atomic E-state index is 5.78. The third-order valence-electron chi connectivity index (χ3n) is 2.61. The molecule has 1 unspecified atom stereocenters. The van der Waals surface area contributed by atoms with Crippen LogP contribution in [0.1, 0.15) is 18.1 Å². The van der Waals surface area contributed by atoms with E-state index in [1.165, 1.54) is 11.1 Å². The van der Waals surface area contributed by atoms with Gasteiger partial charge in [0.2, 0.25) is 0 Å². The Morgan fingerprint density at radius 3 is 2.94 bits per heavy atom. The van der Waals surface area contributed by atoms with Gasteiger partial charge >= 0.3 is 0 Å². The van der Waals surface area contributed by atoms with E-state index >= 15 is 0 Å². The van der Waals surface area contributed by atoms with Crippen molar-refractivity contribution in [1.29, 1.82) is 0 Å². The average molecular weight is 234 g/mol. The van der Waals surface area contributed by atoms with Gasteiger partial charge in [-0.05, 0) is 53.8 Å². The van der Waals surface area contributed by atoms with E-state index in [2.05, 4.69) is 39.9 Å². The van der Waals surface area contributed by atoms with Crippen molar-refractivity contribution in [2.24, 2.45) is 5.73 Å². The minimum Gasteiger partial charge on any atom is -0.354 e. The van der Waals surface area contributed by atoms with Crippen molar-refractivity contribution in [3.05, 3.63) is 46.4 Å². The summed E-state index contributed by atoms with van der Waals surface area (Å²) in [4.78, 5) is 0. The summed E-state index contributed by atoms with van der Waals surface area (Å²) in [6.07, 6.45) is 6.42. The SMILES string of the molecule is CC(N)Cc1ccn(CCc2ccsc2)c1. The molecule has 0 aliphatic heterocycles. The molecule has 2 heterocycles. The molecule has 0 saturated heterocycles. The molecule has 0 amide bonds. The van der Waals surface area contributed by atoms with E-state index in [1.54, 1.807) is 11.3 Å². The Kier molecular flexibility index (Phi) is 3.80. The molecule has 0 saturated carbocycles. The Morgan fingerprint density at radius 2 is 2.25 bits per heavy atom. The fraction of sp³-hybridized carbons (Fsp3) is 0.385. The van der Waals surface area contributed by atoms with Crippen LogP contribution in [0.4, 0.5) is 0 Å². The molecule has 2 nitrogen and oxygen atoms in total. The van der Waals surface area contributed by atoms with Crippen molar-refractivity contribution in [1.82, 2.24) is 4.57 Å². The van der Waals surface area contributed by atoms with Crippen molar-refractivity contribution in [2.45, 2.75) is 32.4 Å². The number of hydrogen-bond acceptors (Lipinski definition) is 2. The lowest BCUT2D eigenvalue weighted by Crippen LogP contribution is -2.17. The molecule has 0 spiro atoms. The lowest BCUT2D eigenvalue weighted by molar-refractivity contribution is 0.692. The minimum atomic E-state index is 0.243. The number of thiophene rings is 1.